The zero-order chi connectivity index (χ0) is 14.4. The number of halogens is 3. The van der Waals surface area contributed by atoms with Crippen molar-refractivity contribution < 1.29 is 27.5 Å². The SMILES string of the molecule is FC(F)(F)c1cccc(OCCC[NH+]2CCOCC2)c1. The summed E-state index contributed by atoms with van der Waals surface area (Å²) in [7, 11) is 0. The van der Waals surface area contributed by atoms with Crippen LogP contribution in [0.25, 0.3) is 0 Å². The summed E-state index contributed by atoms with van der Waals surface area (Å²) in [6.45, 7) is 4.94. The molecule has 0 aromatic heterocycles. The summed E-state index contributed by atoms with van der Waals surface area (Å²) in [5.74, 6) is 0.275. The van der Waals surface area contributed by atoms with Gasteiger partial charge in [-0.15, -0.1) is 0 Å². The van der Waals surface area contributed by atoms with Crippen LogP contribution >= 0.6 is 0 Å². The summed E-state index contributed by atoms with van der Waals surface area (Å²) in [4.78, 5) is 1.46. The van der Waals surface area contributed by atoms with Gasteiger partial charge in [0, 0.05) is 6.42 Å². The van der Waals surface area contributed by atoms with E-state index in [2.05, 4.69) is 0 Å². The Morgan fingerprint density at radius 2 is 1.95 bits per heavy atom. The maximum atomic E-state index is 12.5. The maximum Gasteiger partial charge on any atom is 0.416 e. The van der Waals surface area contributed by atoms with Crippen LogP contribution in [0.2, 0.25) is 0 Å². The number of hydrogen-bond donors (Lipinski definition) is 1. The zero-order valence-corrected chi connectivity index (χ0v) is 11.2. The molecule has 0 amide bonds. The van der Waals surface area contributed by atoms with Crippen LogP contribution in [-0.4, -0.2) is 39.5 Å². The predicted octanol–water partition coefficient (Wildman–Crippen LogP) is 1.39. The zero-order valence-electron chi connectivity index (χ0n) is 11.2. The van der Waals surface area contributed by atoms with E-state index in [4.69, 9.17) is 9.47 Å². The Morgan fingerprint density at radius 3 is 2.65 bits per heavy atom. The minimum atomic E-state index is -4.32. The molecule has 1 aliphatic heterocycles. The molecule has 1 aromatic carbocycles. The van der Waals surface area contributed by atoms with E-state index >= 15 is 0 Å². The van der Waals surface area contributed by atoms with Crippen molar-refractivity contribution in [3.63, 3.8) is 0 Å². The Labute approximate surface area is 116 Å². The van der Waals surface area contributed by atoms with Crippen molar-refractivity contribution in [1.29, 1.82) is 0 Å². The van der Waals surface area contributed by atoms with E-state index in [9.17, 15) is 13.2 Å². The molecule has 3 nitrogen and oxygen atoms in total. The van der Waals surface area contributed by atoms with Gasteiger partial charge >= 0.3 is 6.18 Å². The highest BCUT2D eigenvalue weighted by Gasteiger charge is 2.30. The Kier molecular flexibility index (Phi) is 5.25. The van der Waals surface area contributed by atoms with Crippen molar-refractivity contribution in [3.05, 3.63) is 29.8 Å². The molecular formula is C14H19F3NO2+. The molecule has 112 valence electrons. The number of alkyl halides is 3. The molecule has 0 unspecified atom stereocenters. The van der Waals surface area contributed by atoms with Gasteiger partial charge < -0.3 is 14.4 Å². The fourth-order valence-corrected chi connectivity index (χ4v) is 2.18. The van der Waals surface area contributed by atoms with Gasteiger partial charge in [-0.05, 0) is 18.2 Å². The van der Waals surface area contributed by atoms with Crippen LogP contribution in [0, 0.1) is 0 Å². The second-order valence-electron chi connectivity index (χ2n) is 4.84. The molecule has 0 radical (unpaired) electrons. The fourth-order valence-electron chi connectivity index (χ4n) is 2.18. The Morgan fingerprint density at radius 1 is 1.20 bits per heavy atom. The minimum absolute atomic E-state index is 0.275. The Balaban J connectivity index is 1.73. The molecule has 1 aliphatic rings. The first-order valence-electron chi connectivity index (χ1n) is 6.77. The summed E-state index contributed by atoms with van der Waals surface area (Å²) < 4.78 is 48.2. The predicted molar refractivity (Wildman–Crippen MR) is 67.9 cm³/mol. The third-order valence-electron chi connectivity index (χ3n) is 3.30. The number of rotatable bonds is 5. The first kappa shape index (κ1) is 15.1. The highest BCUT2D eigenvalue weighted by atomic mass is 19.4. The van der Waals surface area contributed by atoms with Gasteiger partial charge in [0.15, 0.2) is 0 Å². The van der Waals surface area contributed by atoms with Gasteiger partial charge in [-0.2, -0.15) is 13.2 Å². The van der Waals surface area contributed by atoms with Crippen LogP contribution in [0.15, 0.2) is 24.3 Å². The molecule has 0 atom stereocenters. The highest BCUT2D eigenvalue weighted by molar-refractivity contribution is 5.30. The molecule has 0 spiro atoms. The lowest BCUT2D eigenvalue weighted by Crippen LogP contribution is -3.14. The van der Waals surface area contributed by atoms with Crippen molar-refractivity contribution in [3.8, 4) is 5.75 Å². The van der Waals surface area contributed by atoms with Crippen LogP contribution in [0.4, 0.5) is 13.2 Å². The van der Waals surface area contributed by atoms with Gasteiger partial charge in [0.05, 0.1) is 31.9 Å². The van der Waals surface area contributed by atoms with Crippen LogP contribution in [0.5, 0.6) is 5.75 Å². The van der Waals surface area contributed by atoms with Crippen molar-refractivity contribution >= 4 is 0 Å². The highest BCUT2D eigenvalue weighted by Crippen LogP contribution is 2.31. The second kappa shape index (κ2) is 6.95. The number of nitrogens with one attached hydrogen (secondary N) is 1. The number of hydrogen-bond acceptors (Lipinski definition) is 2. The molecular weight excluding hydrogens is 271 g/mol. The fraction of sp³-hybridized carbons (Fsp3) is 0.571. The van der Waals surface area contributed by atoms with Gasteiger partial charge in [0.2, 0.25) is 0 Å². The van der Waals surface area contributed by atoms with Crippen molar-refractivity contribution in [2.75, 3.05) is 39.5 Å². The van der Waals surface area contributed by atoms with E-state index in [0.29, 0.717) is 6.61 Å². The number of ether oxygens (including phenoxy) is 2. The van der Waals surface area contributed by atoms with E-state index < -0.39 is 11.7 Å². The summed E-state index contributed by atoms with van der Waals surface area (Å²) in [5.41, 5.74) is -0.672. The third kappa shape index (κ3) is 4.68. The lowest BCUT2D eigenvalue weighted by molar-refractivity contribution is -0.908. The van der Waals surface area contributed by atoms with Gasteiger partial charge in [-0.25, -0.2) is 0 Å². The molecule has 20 heavy (non-hydrogen) atoms. The normalized spacial score (nSPS) is 17.1. The van der Waals surface area contributed by atoms with Crippen molar-refractivity contribution in [2.45, 2.75) is 12.6 Å². The molecule has 1 fully saturated rings. The first-order valence-corrected chi connectivity index (χ1v) is 6.77. The maximum absolute atomic E-state index is 12.5. The van der Waals surface area contributed by atoms with Crippen LogP contribution in [-0.2, 0) is 10.9 Å². The molecule has 1 saturated heterocycles. The van der Waals surface area contributed by atoms with Gasteiger partial charge in [-0.3, -0.25) is 0 Å². The summed E-state index contributed by atoms with van der Waals surface area (Å²) in [6, 6.07) is 5.01. The monoisotopic (exact) mass is 290 g/mol. The molecule has 6 heteroatoms. The van der Waals surface area contributed by atoms with Crippen molar-refractivity contribution in [1.82, 2.24) is 0 Å². The summed E-state index contributed by atoms with van der Waals surface area (Å²) >= 11 is 0. The second-order valence-corrected chi connectivity index (χ2v) is 4.84. The van der Waals surface area contributed by atoms with Crippen LogP contribution in [0.3, 0.4) is 0 Å². The van der Waals surface area contributed by atoms with E-state index in [0.717, 1.165) is 51.4 Å². The van der Waals surface area contributed by atoms with Gasteiger partial charge in [-0.1, -0.05) is 6.07 Å². The smallest absolute Gasteiger partial charge is 0.416 e. The number of morpholine rings is 1. The molecule has 1 N–H and O–H groups in total. The number of benzene rings is 1. The molecule has 1 heterocycles. The topological polar surface area (TPSA) is 22.9 Å². The van der Waals surface area contributed by atoms with Crippen LogP contribution < -0.4 is 9.64 Å². The minimum Gasteiger partial charge on any atom is -0.493 e. The lowest BCUT2D eigenvalue weighted by atomic mass is 10.2. The Hall–Kier alpha value is -1.27. The Bertz CT molecular complexity index is 417. The van der Waals surface area contributed by atoms with Crippen LogP contribution in [0.1, 0.15) is 12.0 Å². The van der Waals surface area contributed by atoms with Crippen molar-refractivity contribution in [2.24, 2.45) is 0 Å². The lowest BCUT2D eigenvalue weighted by Gasteiger charge is -2.23. The quantitative estimate of drug-likeness (QED) is 0.828. The molecule has 2 rings (SSSR count). The first-order chi connectivity index (χ1) is 9.55. The number of quaternary nitrogens is 1. The average molecular weight is 290 g/mol. The largest absolute Gasteiger partial charge is 0.493 e. The van der Waals surface area contributed by atoms with E-state index in [1.165, 1.54) is 11.0 Å². The summed E-state index contributed by atoms with van der Waals surface area (Å²) in [6.07, 6.45) is -3.50. The molecule has 0 saturated carbocycles. The van der Waals surface area contributed by atoms with Gasteiger partial charge in [0.25, 0.3) is 0 Å². The third-order valence-corrected chi connectivity index (χ3v) is 3.30. The van der Waals surface area contributed by atoms with E-state index in [1.54, 1.807) is 6.07 Å². The molecule has 0 bridgehead atoms. The van der Waals surface area contributed by atoms with E-state index in [1.807, 2.05) is 0 Å². The van der Waals surface area contributed by atoms with Gasteiger partial charge in [0.1, 0.15) is 18.8 Å². The molecule has 1 aromatic rings. The molecule has 0 aliphatic carbocycles. The van der Waals surface area contributed by atoms with E-state index in [-0.39, 0.29) is 5.75 Å². The standard InChI is InChI=1S/C14H18F3NO2/c15-14(16,17)12-3-1-4-13(11-12)20-8-2-5-18-6-9-19-10-7-18/h1,3-4,11H,2,5-10H2/p+1. The summed E-state index contributed by atoms with van der Waals surface area (Å²) in [5, 5.41) is 0. The average Bonchev–Trinajstić information content (AvgIpc) is 2.44.